The Kier molecular flexibility index (Phi) is 5.70. The SMILES string of the molecule is C=C1c2ccccc2CCC1C(=C)C(O)CCC1=NCCC=C(C)C1. The first kappa shape index (κ1) is 17.9. The number of hydrogen-bond acceptors (Lipinski definition) is 2. The summed E-state index contributed by atoms with van der Waals surface area (Å²) in [5.74, 6) is 0.183. The van der Waals surface area contributed by atoms with Gasteiger partial charge in [-0.1, -0.05) is 49.1 Å². The molecule has 1 aliphatic heterocycles. The van der Waals surface area contributed by atoms with E-state index < -0.39 is 6.10 Å². The maximum Gasteiger partial charge on any atom is 0.0757 e. The number of rotatable bonds is 5. The Labute approximate surface area is 151 Å². The van der Waals surface area contributed by atoms with Crippen molar-refractivity contribution in [1.29, 1.82) is 0 Å². The third kappa shape index (κ3) is 4.19. The van der Waals surface area contributed by atoms with E-state index in [1.54, 1.807) is 0 Å². The second-order valence-electron chi connectivity index (χ2n) is 7.37. The van der Waals surface area contributed by atoms with E-state index in [0.717, 1.165) is 49.8 Å². The minimum Gasteiger partial charge on any atom is -0.389 e. The Morgan fingerprint density at radius 2 is 2.16 bits per heavy atom. The lowest BCUT2D eigenvalue weighted by Gasteiger charge is -2.31. The van der Waals surface area contributed by atoms with Crippen molar-refractivity contribution >= 4 is 11.3 Å². The molecule has 1 heterocycles. The molecule has 0 bridgehead atoms. The zero-order valence-electron chi connectivity index (χ0n) is 15.3. The second kappa shape index (κ2) is 7.97. The number of aliphatic hydroxyl groups is 1. The number of aryl methyl sites for hydroxylation is 1. The summed E-state index contributed by atoms with van der Waals surface area (Å²) in [6, 6.07) is 8.46. The van der Waals surface area contributed by atoms with Crippen molar-refractivity contribution in [2.75, 3.05) is 6.54 Å². The second-order valence-corrected chi connectivity index (χ2v) is 7.37. The molecule has 0 saturated heterocycles. The molecule has 1 aliphatic carbocycles. The van der Waals surface area contributed by atoms with Crippen LogP contribution in [0.4, 0.5) is 0 Å². The van der Waals surface area contributed by atoms with Crippen molar-refractivity contribution in [3.05, 3.63) is 65.8 Å². The number of aliphatic hydroxyl groups excluding tert-OH is 1. The number of aliphatic imine (C=N–C) groups is 1. The van der Waals surface area contributed by atoms with E-state index in [2.05, 4.69) is 55.4 Å². The average Bonchev–Trinajstić information content (AvgIpc) is 2.83. The molecule has 0 aromatic heterocycles. The molecule has 0 amide bonds. The van der Waals surface area contributed by atoms with Crippen molar-refractivity contribution in [1.82, 2.24) is 0 Å². The van der Waals surface area contributed by atoms with Gasteiger partial charge in [0.05, 0.1) is 6.10 Å². The number of hydrogen-bond donors (Lipinski definition) is 1. The van der Waals surface area contributed by atoms with Gasteiger partial charge in [-0.2, -0.15) is 0 Å². The van der Waals surface area contributed by atoms with Gasteiger partial charge in [0.2, 0.25) is 0 Å². The molecule has 0 saturated carbocycles. The molecule has 0 spiro atoms. The summed E-state index contributed by atoms with van der Waals surface area (Å²) in [6.07, 6.45) is 7.35. The summed E-state index contributed by atoms with van der Waals surface area (Å²) in [7, 11) is 0. The summed E-state index contributed by atoms with van der Waals surface area (Å²) in [5.41, 5.74) is 7.23. The van der Waals surface area contributed by atoms with Gasteiger partial charge in [0.1, 0.15) is 0 Å². The summed E-state index contributed by atoms with van der Waals surface area (Å²) >= 11 is 0. The zero-order valence-corrected chi connectivity index (χ0v) is 15.3. The fourth-order valence-corrected chi connectivity index (χ4v) is 3.99. The molecule has 2 nitrogen and oxygen atoms in total. The molecule has 3 rings (SSSR count). The van der Waals surface area contributed by atoms with Crippen LogP contribution in [0.25, 0.3) is 5.57 Å². The highest BCUT2D eigenvalue weighted by molar-refractivity contribution is 5.86. The molecule has 2 atom stereocenters. The molecule has 0 radical (unpaired) electrons. The fraction of sp³-hybridized carbons (Fsp3) is 0.435. The Bertz CT molecular complexity index is 725. The number of benzene rings is 1. The number of nitrogens with zero attached hydrogens (tertiary/aromatic N) is 1. The van der Waals surface area contributed by atoms with Gasteiger partial charge in [0.25, 0.3) is 0 Å². The van der Waals surface area contributed by atoms with E-state index in [1.807, 2.05) is 0 Å². The van der Waals surface area contributed by atoms with Gasteiger partial charge in [0.15, 0.2) is 0 Å². The van der Waals surface area contributed by atoms with E-state index in [0.29, 0.717) is 6.42 Å². The third-order valence-electron chi connectivity index (χ3n) is 5.51. The van der Waals surface area contributed by atoms with Gasteiger partial charge in [-0.3, -0.25) is 4.99 Å². The molecule has 2 unspecified atom stereocenters. The first-order chi connectivity index (χ1) is 12.1. The van der Waals surface area contributed by atoms with Crippen LogP contribution in [0.1, 0.15) is 50.2 Å². The molecule has 1 N–H and O–H groups in total. The van der Waals surface area contributed by atoms with Crippen LogP contribution in [0.15, 0.2) is 59.6 Å². The lowest BCUT2D eigenvalue weighted by atomic mass is 9.75. The Morgan fingerprint density at radius 3 is 3.00 bits per heavy atom. The van der Waals surface area contributed by atoms with Crippen LogP contribution in [0.2, 0.25) is 0 Å². The standard InChI is InChI=1S/C23H29NO/c1-16-7-6-14-24-20(15-16)11-13-23(25)18(3)21-12-10-19-8-4-5-9-22(19)17(21)2/h4-5,7-9,21,23,25H,2-3,6,10-15H2,1H3. The normalized spacial score (nSPS) is 21.7. The Morgan fingerprint density at radius 1 is 1.36 bits per heavy atom. The van der Waals surface area contributed by atoms with Crippen LogP contribution in [-0.4, -0.2) is 23.5 Å². The summed E-state index contributed by atoms with van der Waals surface area (Å²) in [4.78, 5) is 4.67. The van der Waals surface area contributed by atoms with E-state index in [1.165, 1.54) is 22.4 Å². The molecular formula is C23H29NO. The van der Waals surface area contributed by atoms with Gasteiger partial charge in [-0.15, -0.1) is 0 Å². The maximum absolute atomic E-state index is 10.7. The van der Waals surface area contributed by atoms with Crippen molar-refractivity contribution < 1.29 is 5.11 Å². The fourth-order valence-electron chi connectivity index (χ4n) is 3.99. The molecule has 132 valence electrons. The lowest BCUT2D eigenvalue weighted by Crippen LogP contribution is -2.22. The van der Waals surface area contributed by atoms with Gasteiger partial charge in [-0.05, 0) is 61.3 Å². The largest absolute Gasteiger partial charge is 0.389 e. The van der Waals surface area contributed by atoms with Crippen LogP contribution in [-0.2, 0) is 6.42 Å². The highest BCUT2D eigenvalue weighted by Crippen LogP contribution is 2.39. The van der Waals surface area contributed by atoms with Crippen molar-refractivity contribution in [2.45, 2.75) is 51.6 Å². The monoisotopic (exact) mass is 335 g/mol. The quantitative estimate of drug-likeness (QED) is 0.742. The molecule has 2 heteroatoms. The smallest absolute Gasteiger partial charge is 0.0757 e. The van der Waals surface area contributed by atoms with Crippen LogP contribution < -0.4 is 0 Å². The predicted octanol–water partition coefficient (Wildman–Crippen LogP) is 5.14. The van der Waals surface area contributed by atoms with Gasteiger partial charge < -0.3 is 5.11 Å². The molecular weight excluding hydrogens is 306 g/mol. The van der Waals surface area contributed by atoms with E-state index >= 15 is 0 Å². The highest BCUT2D eigenvalue weighted by atomic mass is 16.3. The topological polar surface area (TPSA) is 32.6 Å². The predicted molar refractivity (Wildman–Crippen MR) is 107 cm³/mol. The number of fused-ring (bicyclic) bond motifs is 1. The van der Waals surface area contributed by atoms with Crippen LogP contribution in [0.5, 0.6) is 0 Å². The van der Waals surface area contributed by atoms with E-state index in [9.17, 15) is 5.11 Å². The van der Waals surface area contributed by atoms with Crippen LogP contribution in [0, 0.1) is 5.92 Å². The molecule has 25 heavy (non-hydrogen) atoms. The number of allylic oxidation sites excluding steroid dienone is 2. The Hall–Kier alpha value is -1.93. The van der Waals surface area contributed by atoms with E-state index in [-0.39, 0.29) is 5.92 Å². The van der Waals surface area contributed by atoms with E-state index in [4.69, 9.17) is 0 Å². The van der Waals surface area contributed by atoms with Crippen molar-refractivity contribution in [3.8, 4) is 0 Å². The van der Waals surface area contributed by atoms with Crippen LogP contribution >= 0.6 is 0 Å². The first-order valence-electron chi connectivity index (χ1n) is 9.38. The maximum atomic E-state index is 10.7. The van der Waals surface area contributed by atoms with Gasteiger partial charge in [-0.25, -0.2) is 0 Å². The van der Waals surface area contributed by atoms with Crippen molar-refractivity contribution in [3.63, 3.8) is 0 Å². The molecule has 1 aromatic carbocycles. The summed E-state index contributed by atoms with van der Waals surface area (Å²) in [5, 5.41) is 10.7. The minimum atomic E-state index is -0.484. The lowest BCUT2D eigenvalue weighted by molar-refractivity contribution is 0.193. The third-order valence-corrected chi connectivity index (χ3v) is 5.51. The zero-order chi connectivity index (χ0) is 17.8. The Balaban J connectivity index is 1.60. The minimum absolute atomic E-state index is 0.183. The summed E-state index contributed by atoms with van der Waals surface area (Å²) < 4.78 is 0. The molecule has 1 aromatic rings. The first-order valence-corrected chi connectivity index (χ1v) is 9.38. The van der Waals surface area contributed by atoms with Crippen LogP contribution in [0.3, 0.4) is 0 Å². The van der Waals surface area contributed by atoms with Gasteiger partial charge >= 0.3 is 0 Å². The summed E-state index contributed by atoms with van der Waals surface area (Å²) in [6.45, 7) is 11.6. The molecule has 2 aliphatic rings. The van der Waals surface area contributed by atoms with Gasteiger partial charge in [0, 0.05) is 24.6 Å². The average molecular weight is 335 g/mol. The molecule has 0 fully saturated rings. The highest BCUT2D eigenvalue weighted by Gasteiger charge is 2.27. The van der Waals surface area contributed by atoms with Crippen molar-refractivity contribution in [2.24, 2.45) is 10.9 Å².